The van der Waals surface area contributed by atoms with Gasteiger partial charge in [-0.2, -0.15) is 0 Å². The normalized spacial score (nSPS) is 22.1. The molecule has 1 aliphatic rings. The first-order chi connectivity index (χ1) is 17.2. The lowest BCUT2D eigenvalue weighted by molar-refractivity contribution is -0.0828. The van der Waals surface area contributed by atoms with Crippen LogP contribution in [0.5, 0.6) is 0 Å². The summed E-state index contributed by atoms with van der Waals surface area (Å²) in [6, 6.07) is 19.7. The van der Waals surface area contributed by atoms with Gasteiger partial charge in [0.05, 0.1) is 25.2 Å². The maximum Gasteiger partial charge on any atom is 0.164 e. The zero-order valence-electron chi connectivity index (χ0n) is 19.1. The van der Waals surface area contributed by atoms with Crippen LogP contribution in [0.2, 0.25) is 5.15 Å². The third-order valence-electron chi connectivity index (χ3n) is 6.03. The summed E-state index contributed by atoms with van der Waals surface area (Å²) in [6.45, 7) is 1.06. The predicted molar refractivity (Wildman–Crippen MR) is 128 cm³/mol. The minimum Gasteiger partial charge on any atom is -0.374 e. The van der Waals surface area contributed by atoms with Crippen molar-refractivity contribution in [1.29, 1.82) is 0 Å². The molecule has 0 unspecified atom stereocenters. The highest BCUT2D eigenvalue weighted by Crippen LogP contribution is 2.37. The fourth-order valence-electron chi connectivity index (χ4n) is 4.35. The molecule has 0 bridgehead atoms. The van der Waals surface area contributed by atoms with Gasteiger partial charge in [-0.05, 0) is 11.1 Å². The molecular weight excluding hydrogens is 473 g/mol. The lowest BCUT2D eigenvalue weighted by Gasteiger charge is -2.24. The Morgan fingerprint density at radius 2 is 1.66 bits per heavy atom. The van der Waals surface area contributed by atoms with Gasteiger partial charge in [0.25, 0.3) is 0 Å². The van der Waals surface area contributed by atoms with Crippen LogP contribution < -0.4 is 0 Å². The molecule has 2 aromatic carbocycles. The standard InChI is InChI=1S/C26H25ClFN3O4/c1-32-23-22(34-14-18-10-6-3-7-11-18)20(15-33-13-17-8-4-2-5-9-17)35-26(23)31-12-19(28)21-24(27)29-16-30-25(21)31/h2-12,16,20,22-23,26H,13-15H2,1H3/t20-,22-,23-,26-/m1/s1. The molecule has 0 N–H and O–H groups in total. The fraction of sp³-hybridized carbons (Fsp3) is 0.308. The monoisotopic (exact) mass is 497 g/mol. The van der Waals surface area contributed by atoms with E-state index in [9.17, 15) is 4.39 Å². The van der Waals surface area contributed by atoms with E-state index >= 15 is 0 Å². The molecule has 182 valence electrons. The van der Waals surface area contributed by atoms with Gasteiger partial charge in [-0.1, -0.05) is 72.3 Å². The molecule has 1 aliphatic heterocycles. The number of hydrogen-bond acceptors (Lipinski definition) is 6. The average Bonchev–Trinajstić information content (AvgIpc) is 3.41. The summed E-state index contributed by atoms with van der Waals surface area (Å²) in [5, 5.41) is 0.177. The summed E-state index contributed by atoms with van der Waals surface area (Å²) in [4.78, 5) is 8.14. The van der Waals surface area contributed by atoms with E-state index in [2.05, 4.69) is 9.97 Å². The van der Waals surface area contributed by atoms with Crippen molar-refractivity contribution in [3.63, 3.8) is 0 Å². The van der Waals surface area contributed by atoms with Crippen LogP contribution in [0, 0.1) is 5.82 Å². The maximum absolute atomic E-state index is 14.8. The van der Waals surface area contributed by atoms with Gasteiger partial charge in [0.15, 0.2) is 12.0 Å². The Hall–Kier alpha value is -2.88. The van der Waals surface area contributed by atoms with E-state index in [0.29, 0.717) is 18.9 Å². The summed E-state index contributed by atoms with van der Waals surface area (Å²) < 4.78 is 40.9. The van der Waals surface area contributed by atoms with Gasteiger partial charge in [0, 0.05) is 13.3 Å². The number of nitrogens with zero attached hydrogens (tertiary/aromatic N) is 3. The lowest BCUT2D eigenvalue weighted by Crippen LogP contribution is -2.37. The van der Waals surface area contributed by atoms with Crippen molar-refractivity contribution >= 4 is 22.6 Å². The Kier molecular flexibility index (Phi) is 7.36. The molecule has 0 aliphatic carbocycles. The fourth-order valence-corrected chi connectivity index (χ4v) is 4.57. The summed E-state index contributed by atoms with van der Waals surface area (Å²) in [7, 11) is 1.58. The average molecular weight is 498 g/mol. The minimum absolute atomic E-state index is 0.0397. The SMILES string of the molecule is CO[C@@H]1[C@H](OCc2ccccc2)[C@@H](COCc2ccccc2)O[C@H]1n1cc(F)c2c(Cl)ncnc21. The third kappa shape index (κ3) is 5.07. The second-order valence-electron chi connectivity index (χ2n) is 8.27. The van der Waals surface area contributed by atoms with Gasteiger partial charge in [-0.25, -0.2) is 14.4 Å². The van der Waals surface area contributed by atoms with Crippen LogP contribution in [0.25, 0.3) is 11.0 Å². The molecule has 4 atom stereocenters. The minimum atomic E-state index is -0.705. The second-order valence-corrected chi connectivity index (χ2v) is 8.63. The van der Waals surface area contributed by atoms with Crippen molar-refractivity contribution in [2.45, 2.75) is 37.8 Å². The molecule has 0 radical (unpaired) electrons. The molecule has 9 heteroatoms. The van der Waals surface area contributed by atoms with Crippen molar-refractivity contribution in [2.75, 3.05) is 13.7 Å². The van der Waals surface area contributed by atoms with Crippen LogP contribution in [0.1, 0.15) is 17.4 Å². The summed E-state index contributed by atoms with van der Waals surface area (Å²) in [5.74, 6) is -0.533. The number of fused-ring (bicyclic) bond motifs is 1. The Morgan fingerprint density at radius 1 is 0.971 bits per heavy atom. The smallest absolute Gasteiger partial charge is 0.164 e. The van der Waals surface area contributed by atoms with Gasteiger partial charge in [0.2, 0.25) is 0 Å². The Bertz CT molecular complexity index is 1260. The Balaban J connectivity index is 1.40. The highest BCUT2D eigenvalue weighted by atomic mass is 35.5. The number of halogens is 2. The van der Waals surface area contributed by atoms with Crippen LogP contribution in [0.15, 0.2) is 73.2 Å². The van der Waals surface area contributed by atoms with Crippen molar-refractivity contribution in [3.8, 4) is 0 Å². The molecular formula is C26H25ClFN3O4. The highest BCUT2D eigenvalue weighted by Gasteiger charge is 2.47. The van der Waals surface area contributed by atoms with Crippen LogP contribution in [0.3, 0.4) is 0 Å². The Labute approximate surface area is 207 Å². The number of hydrogen-bond donors (Lipinski definition) is 0. The van der Waals surface area contributed by atoms with Gasteiger partial charge in [-0.15, -0.1) is 0 Å². The van der Waals surface area contributed by atoms with Gasteiger partial charge >= 0.3 is 0 Å². The zero-order chi connectivity index (χ0) is 24.2. The van der Waals surface area contributed by atoms with Crippen LogP contribution in [-0.2, 0) is 32.2 Å². The van der Waals surface area contributed by atoms with E-state index in [0.717, 1.165) is 11.1 Å². The van der Waals surface area contributed by atoms with Gasteiger partial charge in [-0.3, -0.25) is 0 Å². The van der Waals surface area contributed by atoms with E-state index in [1.54, 1.807) is 11.7 Å². The molecule has 1 saturated heterocycles. The maximum atomic E-state index is 14.8. The molecule has 2 aromatic heterocycles. The number of rotatable bonds is 9. The first kappa shape index (κ1) is 23.8. The molecule has 1 fully saturated rings. The molecule has 0 saturated carbocycles. The molecule has 0 amide bonds. The van der Waals surface area contributed by atoms with Crippen LogP contribution in [-0.4, -0.2) is 46.6 Å². The van der Waals surface area contributed by atoms with Gasteiger partial charge in [0.1, 0.15) is 35.4 Å². The van der Waals surface area contributed by atoms with Crippen LogP contribution >= 0.6 is 11.6 Å². The van der Waals surface area contributed by atoms with Crippen molar-refractivity contribution in [1.82, 2.24) is 14.5 Å². The highest BCUT2D eigenvalue weighted by molar-refractivity contribution is 6.34. The molecule has 35 heavy (non-hydrogen) atoms. The predicted octanol–water partition coefficient (Wildman–Crippen LogP) is 4.94. The molecule has 0 spiro atoms. The quantitative estimate of drug-likeness (QED) is 0.305. The van der Waals surface area contributed by atoms with Crippen molar-refractivity contribution in [3.05, 3.63) is 95.3 Å². The summed E-state index contributed by atoms with van der Waals surface area (Å²) in [6.07, 6.45) is 0.413. The van der Waals surface area contributed by atoms with E-state index in [1.165, 1.54) is 12.5 Å². The lowest BCUT2D eigenvalue weighted by atomic mass is 10.1. The van der Waals surface area contributed by atoms with Crippen molar-refractivity contribution < 1.29 is 23.3 Å². The largest absolute Gasteiger partial charge is 0.374 e. The second kappa shape index (κ2) is 10.8. The zero-order valence-corrected chi connectivity index (χ0v) is 19.8. The van der Waals surface area contributed by atoms with E-state index < -0.39 is 30.4 Å². The topological polar surface area (TPSA) is 67.6 Å². The molecule has 3 heterocycles. The first-order valence-electron chi connectivity index (χ1n) is 11.3. The first-order valence-corrected chi connectivity index (χ1v) is 11.7. The number of benzene rings is 2. The van der Waals surface area contributed by atoms with Crippen molar-refractivity contribution in [2.24, 2.45) is 0 Å². The van der Waals surface area contributed by atoms with Crippen LogP contribution in [0.4, 0.5) is 4.39 Å². The number of methoxy groups -OCH3 is 1. The Morgan fingerprint density at radius 3 is 2.34 bits per heavy atom. The summed E-state index contributed by atoms with van der Waals surface area (Å²) >= 11 is 6.13. The van der Waals surface area contributed by atoms with Gasteiger partial charge < -0.3 is 23.5 Å². The van der Waals surface area contributed by atoms with E-state index in [-0.39, 0.29) is 17.1 Å². The third-order valence-corrected chi connectivity index (χ3v) is 6.31. The number of aromatic nitrogens is 3. The van der Waals surface area contributed by atoms with E-state index in [4.69, 9.17) is 30.5 Å². The summed E-state index contributed by atoms with van der Waals surface area (Å²) in [5.41, 5.74) is 2.39. The number of ether oxygens (including phenoxy) is 4. The molecule has 4 aromatic rings. The molecule has 5 rings (SSSR count). The molecule has 7 nitrogen and oxygen atoms in total. The van der Waals surface area contributed by atoms with E-state index in [1.807, 2.05) is 60.7 Å².